The molecule has 0 bridgehead atoms. The zero-order valence-corrected chi connectivity index (χ0v) is 19.6. The highest BCUT2D eigenvalue weighted by Crippen LogP contribution is 2.23. The van der Waals surface area contributed by atoms with Gasteiger partial charge in [0.15, 0.2) is 0 Å². The minimum Gasteiger partial charge on any atom is -0.465 e. The Labute approximate surface area is 196 Å². The Hall–Kier alpha value is -3.39. The molecule has 7 nitrogen and oxygen atoms in total. The summed E-state index contributed by atoms with van der Waals surface area (Å²) in [5.74, 6) is -0.494. The molecule has 0 unspecified atom stereocenters. The van der Waals surface area contributed by atoms with Crippen LogP contribution in [0.15, 0.2) is 36.4 Å². The summed E-state index contributed by atoms with van der Waals surface area (Å²) in [6, 6.07) is 9.74. The second kappa shape index (κ2) is 10.0. The predicted octanol–water partition coefficient (Wildman–Crippen LogP) is 5.31. The van der Waals surface area contributed by atoms with Crippen molar-refractivity contribution in [3.63, 3.8) is 0 Å². The molecule has 2 aromatic carbocycles. The number of benzene rings is 2. The lowest BCUT2D eigenvalue weighted by atomic mass is 10.2. The van der Waals surface area contributed by atoms with Crippen molar-refractivity contribution in [2.45, 2.75) is 32.9 Å². The van der Waals surface area contributed by atoms with Crippen LogP contribution in [0.4, 0.5) is 9.18 Å². The van der Waals surface area contributed by atoms with Gasteiger partial charge in [0.1, 0.15) is 17.2 Å². The van der Waals surface area contributed by atoms with Crippen molar-refractivity contribution < 1.29 is 23.5 Å². The van der Waals surface area contributed by atoms with Crippen LogP contribution in [-0.2, 0) is 16.0 Å². The van der Waals surface area contributed by atoms with Gasteiger partial charge in [0.2, 0.25) is 0 Å². The second-order valence-corrected chi connectivity index (χ2v) is 8.63. The zero-order valence-electron chi connectivity index (χ0n) is 18.8. The standard InChI is InChI=1S/C24H25ClFN3O4/c1-24(2,3)33-23(31)27-12-13-29-19-10-8-16(22(30)32-4)14-18(19)28-20(29)11-9-15-6-5-7-17(25)21(15)26/h5-11,14H,12-13H2,1-4H3,(H,27,31)/b11-9+. The van der Waals surface area contributed by atoms with Gasteiger partial charge in [0.25, 0.3) is 0 Å². The van der Waals surface area contributed by atoms with Crippen molar-refractivity contribution in [2.75, 3.05) is 13.7 Å². The maximum Gasteiger partial charge on any atom is 0.407 e. The molecule has 0 spiro atoms. The summed E-state index contributed by atoms with van der Waals surface area (Å²) in [6.45, 7) is 5.99. The van der Waals surface area contributed by atoms with Gasteiger partial charge in [-0.2, -0.15) is 0 Å². The van der Waals surface area contributed by atoms with Crippen molar-refractivity contribution in [1.82, 2.24) is 14.9 Å². The average molecular weight is 474 g/mol. The Morgan fingerprint density at radius 2 is 1.97 bits per heavy atom. The van der Waals surface area contributed by atoms with E-state index in [0.29, 0.717) is 29.0 Å². The van der Waals surface area contributed by atoms with E-state index in [0.717, 1.165) is 5.52 Å². The van der Waals surface area contributed by atoms with Gasteiger partial charge in [0.05, 0.1) is 28.7 Å². The lowest BCUT2D eigenvalue weighted by Crippen LogP contribution is -2.34. The Kier molecular flexibility index (Phi) is 7.38. The van der Waals surface area contributed by atoms with Crippen LogP contribution in [0, 0.1) is 5.82 Å². The maximum absolute atomic E-state index is 14.3. The first-order chi connectivity index (χ1) is 15.6. The van der Waals surface area contributed by atoms with Crippen LogP contribution in [0.5, 0.6) is 0 Å². The monoisotopic (exact) mass is 473 g/mol. The van der Waals surface area contributed by atoms with Gasteiger partial charge in [-0.3, -0.25) is 0 Å². The number of aromatic nitrogens is 2. The van der Waals surface area contributed by atoms with Gasteiger partial charge in [0, 0.05) is 18.7 Å². The van der Waals surface area contributed by atoms with Crippen LogP contribution in [0.25, 0.3) is 23.2 Å². The number of hydrogen-bond donors (Lipinski definition) is 1. The van der Waals surface area contributed by atoms with Crippen molar-refractivity contribution in [3.8, 4) is 0 Å². The number of fused-ring (bicyclic) bond motifs is 1. The topological polar surface area (TPSA) is 82.5 Å². The third-order valence-corrected chi connectivity index (χ3v) is 4.89. The van der Waals surface area contributed by atoms with Crippen LogP contribution in [-0.4, -0.2) is 40.9 Å². The number of carbonyl (C=O) groups excluding carboxylic acids is 2. The Morgan fingerprint density at radius 3 is 2.67 bits per heavy atom. The summed E-state index contributed by atoms with van der Waals surface area (Å²) in [4.78, 5) is 28.5. The smallest absolute Gasteiger partial charge is 0.407 e. The molecular formula is C24H25ClFN3O4. The lowest BCUT2D eigenvalue weighted by molar-refractivity contribution is 0.0525. The number of amides is 1. The van der Waals surface area contributed by atoms with Crippen molar-refractivity contribution >= 4 is 46.8 Å². The van der Waals surface area contributed by atoms with Gasteiger partial charge in [-0.05, 0) is 57.2 Å². The van der Waals surface area contributed by atoms with Gasteiger partial charge in [-0.25, -0.2) is 19.0 Å². The van der Waals surface area contributed by atoms with Crippen LogP contribution in [0.1, 0.15) is 42.5 Å². The second-order valence-electron chi connectivity index (χ2n) is 8.22. The molecule has 33 heavy (non-hydrogen) atoms. The molecule has 1 aromatic heterocycles. The molecule has 0 aliphatic heterocycles. The molecule has 0 fully saturated rings. The molecule has 0 saturated heterocycles. The molecule has 0 saturated carbocycles. The minimum absolute atomic E-state index is 0.0231. The third-order valence-electron chi connectivity index (χ3n) is 4.60. The molecule has 0 atom stereocenters. The summed E-state index contributed by atoms with van der Waals surface area (Å²) in [7, 11) is 1.31. The molecule has 174 valence electrons. The number of methoxy groups -OCH3 is 1. The summed E-state index contributed by atoms with van der Waals surface area (Å²) in [5.41, 5.74) is 1.35. The van der Waals surface area contributed by atoms with E-state index in [-0.39, 0.29) is 11.6 Å². The molecule has 0 aliphatic rings. The number of rotatable bonds is 6. The SMILES string of the molecule is COC(=O)c1ccc2c(c1)nc(/C=C/c1cccc(Cl)c1F)n2CCNC(=O)OC(C)(C)C. The summed E-state index contributed by atoms with van der Waals surface area (Å²) in [5, 5.41) is 2.74. The molecule has 1 amide bonds. The average Bonchev–Trinajstić information content (AvgIpc) is 3.09. The maximum atomic E-state index is 14.3. The number of nitrogens with one attached hydrogen (secondary N) is 1. The van der Waals surface area contributed by atoms with Crippen molar-refractivity contribution in [3.05, 3.63) is 64.2 Å². The van der Waals surface area contributed by atoms with E-state index in [1.807, 2.05) is 4.57 Å². The first kappa shape index (κ1) is 24.3. The number of nitrogens with zero attached hydrogens (tertiary/aromatic N) is 2. The number of carbonyl (C=O) groups is 2. The lowest BCUT2D eigenvalue weighted by Gasteiger charge is -2.19. The fourth-order valence-corrected chi connectivity index (χ4v) is 3.33. The number of ether oxygens (including phenoxy) is 2. The summed E-state index contributed by atoms with van der Waals surface area (Å²) < 4.78 is 26.2. The molecular weight excluding hydrogens is 449 g/mol. The fraction of sp³-hybridized carbons (Fsp3) is 0.292. The van der Waals surface area contributed by atoms with Crippen molar-refractivity contribution in [2.24, 2.45) is 0 Å². The van der Waals surface area contributed by atoms with E-state index in [9.17, 15) is 14.0 Å². The molecule has 9 heteroatoms. The van der Waals surface area contributed by atoms with Crippen LogP contribution >= 0.6 is 11.6 Å². The number of esters is 1. The van der Waals surface area contributed by atoms with E-state index < -0.39 is 23.5 Å². The molecule has 0 aliphatic carbocycles. The van der Waals surface area contributed by atoms with E-state index in [1.54, 1.807) is 63.3 Å². The quantitative estimate of drug-likeness (QED) is 0.490. The summed E-state index contributed by atoms with van der Waals surface area (Å²) >= 11 is 5.87. The van der Waals surface area contributed by atoms with E-state index in [2.05, 4.69) is 10.3 Å². The van der Waals surface area contributed by atoms with E-state index in [1.165, 1.54) is 13.2 Å². The molecule has 3 rings (SSSR count). The molecule has 1 N–H and O–H groups in total. The molecule has 0 radical (unpaired) electrons. The Balaban J connectivity index is 1.92. The van der Waals surface area contributed by atoms with Crippen LogP contribution in [0.2, 0.25) is 5.02 Å². The van der Waals surface area contributed by atoms with Gasteiger partial charge in [-0.1, -0.05) is 23.7 Å². The Morgan fingerprint density at radius 1 is 1.21 bits per heavy atom. The van der Waals surface area contributed by atoms with Gasteiger partial charge >= 0.3 is 12.1 Å². The number of hydrogen-bond acceptors (Lipinski definition) is 5. The van der Waals surface area contributed by atoms with E-state index >= 15 is 0 Å². The number of imidazole rings is 1. The minimum atomic E-state index is -0.606. The van der Waals surface area contributed by atoms with Crippen LogP contribution < -0.4 is 5.32 Å². The first-order valence-corrected chi connectivity index (χ1v) is 10.6. The highest BCUT2D eigenvalue weighted by molar-refractivity contribution is 6.30. The summed E-state index contributed by atoms with van der Waals surface area (Å²) in [6.07, 6.45) is 2.69. The predicted molar refractivity (Wildman–Crippen MR) is 126 cm³/mol. The first-order valence-electron chi connectivity index (χ1n) is 10.3. The van der Waals surface area contributed by atoms with Gasteiger partial charge in [-0.15, -0.1) is 0 Å². The Bertz CT molecular complexity index is 1210. The van der Waals surface area contributed by atoms with Crippen LogP contribution in [0.3, 0.4) is 0 Å². The largest absolute Gasteiger partial charge is 0.465 e. The van der Waals surface area contributed by atoms with E-state index in [4.69, 9.17) is 21.1 Å². The highest BCUT2D eigenvalue weighted by Gasteiger charge is 2.17. The zero-order chi connectivity index (χ0) is 24.2. The van der Waals surface area contributed by atoms with Gasteiger partial charge < -0.3 is 19.4 Å². The number of halogens is 2. The highest BCUT2D eigenvalue weighted by atomic mass is 35.5. The van der Waals surface area contributed by atoms with Crippen molar-refractivity contribution in [1.29, 1.82) is 0 Å². The fourth-order valence-electron chi connectivity index (χ4n) is 3.15. The molecule has 1 heterocycles. The molecule has 3 aromatic rings. The normalized spacial score (nSPS) is 11.7. The third kappa shape index (κ3) is 6.10. The number of alkyl carbamates (subject to hydrolysis) is 1.